The number of fused-ring (bicyclic) bond motifs is 4. The van der Waals surface area contributed by atoms with Gasteiger partial charge >= 0.3 is 0 Å². The van der Waals surface area contributed by atoms with Crippen LogP contribution < -0.4 is 15.4 Å². The Kier molecular flexibility index (Phi) is 6.01. The highest BCUT2D eigenvalue weighted by Gasteiger charge is 2.47. The highest BCUT2D eigenvalue weighted by atomic mass is 16.5. The number of aromatic nitrogens is 4. The molecule has 2 aliphatic heterocycles. The molecule has 1 aromatic carbocycles. The first kappa shape index (κ1) is 26.0. The van der Waals surface area contributed by atoms with Crippen molar-refractivity contribution in [3.63, 3.8) is 0 Å². The highest BCUT2D eigenvalue weighted by molar-refractivity contribution is 6.00. The fourth-order valence-corrected chi connectivity index (χ4v) is 7.58. The maximum Gasteiger partial charge on any atom is 0.254 e. The highest BCUT2D eigenvalue weighted by Crippen LogP contribution is 2.40. The van der Waals surface area contributed by atoms with Gasteiger partial charge < -0.3 is 34.1 Å². The third-order valence-corrected chi connectivity index (χ3v) is 10.2. The predicted molar refractivity (Wildman–Crippen MR) is 162 cm³/mol. The normalized spacial score (nSPS) is 25.1. The molecule has 220 valence electrons. The summed E-state index contributed by atoms with van der Waals surface area (Å²) in [5.74, 6) is 3.57. The van der Waals surface area contributed by atoms with Crippen LogP contribution >= 0.6 is 0 Å². The number of methoxy groups -OCH3 is 2. The number of ether oxygens (including phenoxy) is 2. The van der Waals surface area contributed by atoms with Crippen LogP contribution in [0.25, 0.3) is 33.6 Å². The lowest BCUT2D eigenvalue weighted by Crippen LogP contribution is -2.50. The lowest BCUT2D eigenvalue weighted by atomic mass is 10.0. The first-order valence-electron chi connectivity index (χ1n) is 15.3. The molecule has 8 rings (SSSR count). The molecule has 4 aromatic rings. The number of pyridine rings is 1. The van der Waals surface area contributed by atoms with Crippen molar-refractivity contribution in [3.8, 4) is 17.3 Å². The maximum atomic E-state index is 13.7. The molecule has 2 saturated heterocycles. The van der Waals surface area contributed by atoms with Crippen molar-refractivity contribution in [2.75, 3.05) is 38.8 Å². The van der Waals surface area contributed by atoms with Crippen LogP contribution in [-0.4, -0.2) is 82.0 Å². The lowest BCUT2D eigenvalue weighted by molar-refractivity contribution is 0.0700. The van der Waals surface area contributed by atoms with Gasteiger partial charge in [-0.3, -0.25) is 4.79 Å². The summed E-state index contributed by atoms with van der Waals surface area (Å²) in [6, 6.07) is 10.9. The zero-order valence-electron chi connectivity index (χ0n) is 24.6. The van der Waals surface area contributed by atoms with E-state index in [9.17, 15) is 4.79 Å². The molecule has 1 amide bonds. The van der Waals surface area contributed by atoms with Crippen LogP contribution in [0.1, 0.15) is 42.5 Å². The third-order valence-electron chi connectivity index (χ3n) is 10.2. The molecule has 4 aliphatic rings. The standard InChI is InChI=1S/C32H39N7O3/c1-36-29-23(12-21(14-26(29)42-3)32(40)39-16-20-6-8-24(39)28(20)33)34-31(36)25-13-19-7-9-27(37-11-10-22(37)17-41-2)35-30(19)38(25)15-18-4-5-18/h7,9,12-14,18,20,22,24,28H,4-6,8,10-11,15-17,33H2,1-3H3/t20?,22-,24?,28-/m1/s1. The largest absolute Gasteiger partial charge is 0.494 e. The number of imidazole rings is 1. The van der Waals surface area contributed by atoms with Crippen LogP contribution in [0.2, 0.25) is 0 Å². The zero-order valence-corrected chi connectivity index (χ0v) is 24.6. The SMILES string of the molecule is COC[C@H]1CCN1c1ccc2cc(-c3nc4cc(C(=O)N5CC6CCC5[C@@H]6N)cc(OC)c4n3C)n(CC3CC3)c2n1. The second-order valence-electron chi connectivity index (χ2n) is 12.7. The van der Waals surface area contributed by atoms with Crippen molar-refractivity contribution in [1.29, 1.82) is 0 Å². The zero-order chi connectivity index (χ0) is 28.7. The molecule has 10 heteroatoms. The van der Waals surface area contributed by atoms with Gasteiger partial charge in [0.2, 0.25) is 0 Å². The second kappa shape index (κ2) is 9.70. The number of hydrogen-bond donors (Lipinski definition) is 1. The molecule has 3 aromatic heterocycles. The van der Waals surface area contributed by atoms with Crippen LogP contribution in [0, 0.1) is 11.8 Å². The van der Waals surface area contributed by atoms with E-state index in [4.69, 9.17) is 25.2 Å². The average molecular weight is 570 g/mol. The first-order valence-corrected chi connectivity index (χ1v) is 15.3. The van der Waals surface area contributed by atoms with E-state index in [0.29, 0.717) is 35.8 Å². The van der Waals surface area contributed by atoms with Crippen LogP contribution in [0.15, 0.2) is 30.3 Å². The van der Waals surface area contributed by atoms with Gasteiger partial charge in [0.05, 0.1) is 31.0 Å². The Hall–Kier alpha value is -3.63. The van der Waals surface area contributed by atoms with Gasteiger partial charge in [-0.05, 0) is 74.3 Å². The summed E-state index contributed by atoms with van der Waals surface area (Å²) in [5, 5.41) is 1.11. The molecule has 0 radical (unpaired) electrons. The fourth-order valence-electron chi connectivity index (χ4n) is 7.58. The molecule has 0 spiro atoms. The van der Waals surface area contributed by atoms with Gasteiger partial charge in [0, 0.05) is 56.8 Å². The van der Waals surface area contributed by atoms with E-state index in [0.717, 1.165) is 78.3 Å². The number of amides is 1. The summed E-state index contributed by atoms with van der Waals surface area (Å²) in [7, 11) is 5.45. The minimum absolute atomic E-state index is 0.0161. The molecule has 2 N–H and O–H groups in total. The average Bonchev–Trinajstić information content (AvgIpc) is 3.39. The summed E-state index contributed by atoms with van der Waals surface area (Å²) in [5.41, 5.74) is 10.7. The molecule has 5 heterocycles. The number of nitrogens with zero attached hydrogens (tertiary/aromatic N) is 6. The summed E-state index contributed by atoms with van der Waals surface area (Å²) in [4.78, 5) is 28.3. The van der Waals surface area contributed by atoms with Crippen molar-refractivity contribution in [3.05, 3.63) is 35.9 Å². The van der Waals surface area contributed by atoms with Crippen LogP contribution in [0.3, 0.4) is 0 Å². The van der Waals surface area contributed by atoms with Crippen molar-refractivity contribution in [2.45, 2.75) is 56.8 Å². The molecule has 2 aliphatic carbocycles. The van der Waals surface area contributed by atoms with E-state index in [-0.39, 0.29) is 18.0 Å². The molecule has 2 unspecified atom stereocenters. The number of piperidine rings is 1. The number of aryl methyl sites for hydroxylation is 1. The number of likely N-dealkylation sites (tertiary alicyclic amines) is 1. The summed E-state index contributed by atoms with van der Waals surface area (Å²) >= 11 is 0. The van der Waals surface area contributed by atoms with E-state index < -0.39 is 0 Å². The van der Waals surface area contributed by atoms with Gasteiger partial charge in [-0.25, -0.2) is 9.97 Å². The molecule has 42 heavy (non-hydrogen) atoms. The maximum absolute atomic E-state index is 13.7. The number of nitrogens with two attached hydrogens (primary N) is 1. The minimum atomic E-state index is 0.0161. The number of hydrogen-bond acceptors (Lipinski definition) is 7. The minimum Gasteiger partial charge on any atom is -0.494 e. The van der Waals surface area contributed by atoms with Gasteiger partial charge in [0.1, 0.15) is 22.7 Å². The van der Waals surface area contributed by atoms with Crippen molar-refractivity contribution in [2.24, 2.45) is 24.6 Å². The summed E-state index contributed by atoms with van der Waals surface area (Å²) in [6.45, 7) is 3.36. The summed E-state index contributed by atoms with van der Waals surface area (Å²) < 4.78 is 15.7. The molecule has 4 fully saturated rings. The molecule has 2 saturated carbocycles. The van der Waals surface area contributed by atoms with Gasteiger partial charge in [-0.1, -0.05) is 0 Å². The first-order chi connectivity index (χ1) is 20.4. The molecular weight excluding hydrogens is 530 g/mol. The molecule has 10 nitrogen and oxygen atoms in total. The lowest BCUT2D eigenvalue weighted by Gasteiger charge is -2.41. The van der Waals surface area contributed by atoms with Gasteiger partial charge in [0.15, 0.2) is 5.82 Å². The quantitative estimate of drug-likeness (QED) is 0.344. The molecule has 2 bridgehead atoms. The van der Waals surface area contributed by atoms with Gasteiger partial charge in [0.25, 0.3) is 5.91 Å². The Morgan fingerprint density at radius 1 is 1.07 bits per heavy atom. The van der Waals surface area contributed by atoms with E-state index in [1.165, 1.54) is 12.8 Å². The number of anilines is 1. The predicted octanol–water partition coefficient (Wildman–Crippen LogP) is 3.80. The number of rotatable bonds is 8. The van der Waals surface area contributed by atoms with Crippen molar-refractivity contribution < 1.29 is 14.3 Å². The summed E-state index contributed by atoms with van der Waals surface area (Å²) in [6.07, 6.45) is 5.70. The Labute approximate surface area is 245 Å². The smallest absolute Gasteiger partial charge is 0.254 e. The Morgan fingerprint density at radius 2 is 1.93 bits per heavy atom. The number of carbonyl (C=O) groups excluding carboxylic acids is 1. The molecular formula is C32H39N7O3. The number of carbonyl (C=O) groups is 1. The number of benzene rings is 1. The van der Waals surface area contributed by atoms with Crippen LogP contribution in [-0.2, 0) is 18.3 Å². The van der Waals surface area contributed by atoms with Crippen molar-refractivity contribution >= 4 is 33.8 Å². The third kappa shape index (κ3) is 3.95. The second-order valence-corrected chi connectivity index (χ2v) is 12.7. The van der Waals surface area contributed by atoms with Crippen molar-refractivity contribution in [1.82, 2.24) is 24.0 Å². The Balaban J connectivity index is 1.21. The van der Waals surface area contributed by atoms with Gasteiger partial charge in [-0.2, -0.15) is 0 Å². The van der Waals surface area contributed by atoms with E-state index >= 15 is 0 Å². The van der Waals surface area contributed by atoms with Gasteiger partial charge in [-0.15, -0.1) is 0 Å². The van der Waals surface area contributed by atoms with Crippen LogP contribution in [0.4, 0.5) is 5.82 Å². The van der Waals surface area contributed by atoms with Crippen LogP contribution in [0.5, 0.6) is 5.75 Å². The topological polar surface area (TPSA) is 104 Å². The van der Waals surface area contributed by atoms with E-state index in [1.54, 1.807) is 14.2 Å². The van der Waals surface area contributed by atoms with E-state index in [2.05, 4.69) is 32.2 Å². The van der Waals surface area contributed by atoms with E-state index in [1.807, 2.05) is 24.1 Å². The molecule has 4 atom stereocenters. The monoisotopic (exact) mass is 569 g/mol. The fraction of sp³-hybridized carbons (Fsp3) is 0.531. The Bertz CT molecular complexity index is 1710. The Morgan fingerprint density at radius 3 is 2.60 bits per heavy atom.